The first-order valence-electron chi connectivity index (χ1n) is 22.8. The molecule has 0 bridgehead atoms. The number of anilines is 6. The van der Waals surface area contributed by atoms with Crippen LogP contribution in [0.5, 0.6) is 0 Å². The van der Waals surface area contributed by atoms with Gasteiger partial charge in [0.1, 0.15) is 0 Å². The second kappa shape index (κ2) is 15.4. The monoisotopic (exact) mass is 830 g/mol. The molecule has 8 aromatic carbocycles. The van der Waals surface area contributed by atoms with Crippen molar-refractivity contribution in [1.82, 2.24) is 0 Å². The van der Waals surface area contributed by atoms with E-state index in [-0.39, 0.29) is 10.8 Å². The normalized spacial score (nSPS) is 14.0. The van der Waals surface area contributed by atoms with Gasteiger partial charge in [-0.1, -0.05) is 137 Å². The maximum atomic E-state index is 2.44. The molecular weight excluding hydrogens is 773 g/mol. The van der Waals surface area contributed by atoms with Crippen LogP contribution in [0.4, 0.5) is 34.1 Å². The van der Waals surface area contributed by atoms with Gasteiger partial charge in [-0.2, -0.15) is 0 Å². The van der Waals surface area contributed by atoms with Crippen LogP contribution >= 0.6 is 0 Å². The predicted molar refractivity (Wildman–Crippen MR) is 275 cm³/mol. The summed E-state index contributed by atoms with van der Waals surface area (Å²) in [6.07, 6.45) is 4.59. The van der Waals surface area contributed by atoms with Crippen molar-refractivity contribution in [2.24, 2.45) is 0 Å². The number of nitrogens with zero attached hydrogens (tertiary/aromatic N) is 2. The van der Waals surface area contributed by atoms with E-state index in [2.05, 4.69) is 249 Å². The van der Waals surface area contributed by atoms with Gasteiger partial charge < -0.3 is 9.80 Å². The molecule has 316 valence electrons. The predicted octanol–water partition coefficient (Wildman–Crippen LogP) is 17.3. The molecule has 2 nitrogen and oxygen atoms in total. The molecule has 0 N–H and O–H groups in total. The molecule has 0 heterocycles. The molecule has 64 heavy (non-hydrogen) atoms. The van der Waals surface area contributed by atoms with Gasteiger partial charge in [0.05, 0.1) is 0 Å². The van der Waals surface area contributed by atoms with Crippen LogP contribution in [0.25, 0.3) is 34.4 Å². The Hall–Kier alpha value is -6.90. The van der Waals surface area contributed by atoms with Crippen molar-refractivity contribution in [2.75, 3.05) is 9.80 Å². The Morgan fingerprint density at radius 3 is 1.02 bits per heavy atom. The van der Waals surface area contributed by atoms with Crippen LogP contribution in [0.1, 0.15) is 94.5 Å². The molecule has 0 fully saturated rings. The average molecular weight is 831 g/mol. The number of hydrogen-bond acceptors (Lipinski definition) is 2. The molecule has 0 amide bonds. The van der Waals surface area contributed by atoms with E-state index >= 15 is 0 Å². The Kier molecular flexibility index (Phi) is 9.91. The maximum absolute atomic E-state index is 2.44. The molecule has 0 saturated heterocycles. The van der Waals surface area contributed by atoms with Gasteiger partial charge >= 0.3 is 0 Å². The summed E-state index contributed by atoms with van der Waals surface area (Å²) in [7, 11) is 0. The summed E-state index contributed by atoms with van der Waals surface area (Å²) in [6, 6.07) is 59.4. The van der Waals surface area contributed by atoms with Gasteiger partial charge in [-0.05, 0) is 191 Å². The van der Waals surface area contributed by atoms with Gasteiger partial charge in [-0.25, -0.2) is 0 Å². The number of hydrogen-bond donors (Lipinski definition) is 0. The van der Waals surface area contributed by atoms with Crippen LogP contribution in [0, 0.1) is 41.5 Å². The minimum Gasteiger partial charge on any atom is -0.310 e. The van der Waals surface area contributed by atoms with Gasteiger partial charge in [0, 0.05) is 45.0 Å². The highest BCUT2D eigenvalue weighted by molar-refractivity contribution is 5.89. The summed E-state index contributed by atoms with van der Waals surface area (Å²) in [4.78, 5) is 4.87. The third-order valence-electron chi connectivity index (χ3n) is 14.0. The summed E-state index contributed by atoms with van der Waals surface area (Å²) in [5.74, 6) is 0. The summed E-state index contributed by atoms with van der Waals surface area (Å²) >= 11 is 0. The molecule has 8 aromatic rings. The lowest BCUT2D eigenvalue weighted by molar-refractivity contribution is 0.660. The molecular formula is C62H58N2. The van der Waals surface area contributed by atoms with Gasteiger partial charge in [0.25, 0.3) is 0 Å². The Labute approximate surface area is 381 Å². The summed E-state index contributed by atoms with van der Waals surface area (Å²) < 4.78 is 0. The molecule has 10 rings (SSSR count). The van der Waals surface area contributed by atoms with Crippen LogP contribution < -0.4 is 9.80 Å². The van der Waals surface area contributed by atoms with Crippen LogP contribution in [0.3, 0.4) is 0 Å². The summed E-state index contributed by atoms with van der Waals surface area (Å²) in [5.41, 5.74) is 27.6. The first-order valence-corrected chi connectivity index (χ1v) is 22.8. The minimum absolute atomic E-state index is 0.167. The molecule has 0 aliphatic heterocycles. The fourth-order valence-corrected chi connectivity index (χ4v) is 10.8. The number of aryl methyl sites for hydroxylation is 6. The zero-order chi connectivity index (χ0) is 44.7. The quantitative estimate of drug-likeness (QED) is 0.141. The van der Waals surface area contributed by atoms with Gasteiger partial charge in [0.2, 0.25) is 0 Å². The molecule has 2 heteroatoms. The lowest BCUT2D eigenvalue weighted by atomic mass is 9.81. The van der Waals surface area contributed by atoms with E-state index in [4.69, 9.17) is 0 Å². The van der Waals surface area contributed by atoms with Gasteiger partial charge in [-0.3, -0.25) is 0 Å². The average Bonchev–Trinajstić information content (AvgIpc) is 3.62. The van der Waals surface area contributed by atoms with E-state index in [9.17, 15) is 0 Å². The van der Waals surface area contributed by atoms with Crippen molar-refractivity contribution in [3.05, 3.63) is 224 Å². The van der Waals surface area contributed by atoms with E-state index in [0.717, 1.165) is 0 Å². The Morgan fingerprint density at radius 2 is 0.656 bits per heavy atom. The van der Waals surface area contributed by atoms with E-state index in [0.29, 0.717) is 0 Å². The third-order valence-corrected chi connectivity index (χ3v) is 14.0. The Morgan fingerprint density at radius 1 is 0.328 bits per heavy atom. The van der Waals surface area contributed by atoms with Gasteiger partial charge in [0.15, 0.2) is 0 Å². The molecule has 0 aromatic heterocycles. The van der Waals surface area contributed by atoms with Crippen LogP contribution in [-0.4, -0.2) is 0 Å². The second-order valence-electron chi connectivity index (χ2n) is 19.6. The third kappa shape index (κ3) is 6.97. The summed E-state index contributed by atoms with van der Waals surface area (Å²) in [6.45, 7) is 22.7. The van der Waals surface area contributed by atoms with E-state index in [1.165, 1.54) is 123 Å². The van der Waals surface area contributed by atoms with E-state index in [1.54, 1.807) is 0 Å². The molecule has 0 spiro atoms. The zero-order valence-electron chi connectivity index (χ0n) is 39.1. The van der Waals surface area contributed by atoms with E-state index < -0.39 is 0 Å². The van der Waals surface area contributed by atoms with Crippen molar-refractivity contribution in [3.63, 3.8) is 0 Å². The first-order chi connectivity index (χ1) is 30.7. The SMILES string of the molecule is Cc1cc(C)cc(N(c2ccc3c(c2)C(C)(C)c2cc(C=Cc4ccc5c(c4)C(C)(C)c4cc(N(c6cc(C)cc(C)c6)c6ccccc6C)ccc4-5)ccc2-3)c2ccccc2C)c1. The van der Waals surface area contributed by atoms with Crippen molar-refractivity contribution >= 4 is 46.3 Å². The van der Waals surface area contributed by atoms with E-state index in [1.807, 2.05) is 0 Å². The van der Waals surface area contributed by atoms with Crippen molar-refractivity contribution in [2.45, 2.75) is 80.1 Å². The molecule has 0 unspecified atom stereocenters. The van der Waals surface area contributed by atoms with Crippen molar-refractivity contribution < 1.29 is 0 Å². The second-order valence-corrected chi connectivity index (χ2v) is 19.6. The highest BCUT2D eigenvalue weighted by Crippen LogP contribution is 2.53. The highest BCUT2D eigenvalue weighted by atomic mass is 15.1. The van der Waals surface area contributed by atoms with Crippen LogP contribution in [-0.2, 0) is 10.8 Å². The smallest absolute Gasteiger partial charge is 0.0490 e. The number of benzene rings is 8. The Bertz CT molecular complexity index is 2940. The molecule has 2 aliphatic rings. The van der Waals surface area contributed by atoms with Crippen molar-refractivity contribution in [3.8, 4) is 22.3 Å². The lowest BCUT2D eigenvalue weighted by Gasteiger charge is -2.29. The minimum atomic E-state index is -0.167. The fourth-order valence-electron chi connectivity index (χ4n) is 10.8. The topological polar surface area (TPSA) is 6.48 Å². The first kappa shape index (κ1) is 41.1. The number of para-hydroxylation sites is 2. The van der Waals surface area contributed by atoms with Gasteiger partial charge in [-0.15, -0.1) is 0 Å². The van der Waals surface area contributed by atoms with Crippen LogP contribution in [0.15, 0.2) is 158 Å². The molecule has 0 saturated carbocycles. The van der Waals surface area contributed by atoms with Crippen LogP contribution in [0.2, 0.25) is 0 Å². The number of rotatable bonds is 8. The highest BCUT2D eigenvalue weighted by Gasteiger charge is 2.38. The molecule has 0 atom stereocenters. The molecule has 2 aliphatic carbocycles. The zero-order valence-corrected chi connectivity index (χ0v) is 39.1. The maximum Gasteiger partial charge on any atom is 0.0490 e. The fraction of sp³-hybridized carbons (Fsp3) is 0.194. The standard InChI is InChI=1S/C62H58N2/c1-39-29-40(2)32-49(31-39)63(59-17-13-11-15-43(59)5)47-23-27-53-51-25-21-45(35-55(51)61(7,8)57(53)37-47)19-20-46-22-26-52-54-28-24-48(38-58(54)62(9,10)56(52)36-46)64(60-18-14-12-16-44(60)6)50-33-41(3)30-42(4)34-50/h11-38H,1-10H3. The largest absolute Gasteiger partial charge is 0.310 e. The number of fused-ring (bicyclic) bond motifs is 6. The lowest BCUT2D eigenvalue weighted by Crippen LogP contribution is -2.17. The summed E-state index contributed by atoms with van der Waals surface area (Å²) in [5, 5.41) is 0. The molecule has 0 radical (unpaired) electrons. The Balaban J connectivity index is 0.955. The van der Waals surface area contributed by atoms with Crippen molar-refractivity contribution in [1.29, 1.82) is 0 Å².